The zero-order valence-electron chi connectivity index (χ0n) is 29.9. The summed E-state index contributed by atoms with van der Waals surface area (Å²) in [6.45, 7) is 0. The van der Waals surface area contributed by atoms with Gasteiger partial charge >= 0.3 is 0 Å². The Morgan fingerprint density at radius 2 is 0.891 bits per heavy atom. The molecule has 1 atom stereocenters. The maximum Gasteiger partial charge on any atom is 0.135 e. The van der Waals surface area contributed by atoms with E-state index in [1.54, 1.807) is 0 Å². The zero-order valence-corrected chi connectivity index (χ0v) is 29.9. The van der Waals surface area contributed by atoms with E-state index in [0.29, 0.717) is 0 Å². The fourth-order valence-corrected chi connectivity index (χ4v) is 9.72. The summed E-state index contributed by atoms with van der Waals surface area (Å²) in [5.41, 5.74) is 14.9. The van der Waals surface area contributed by atoms with E-state index in [4.69, 9.17) is 4.42 Å². The van der Waals surface area contributed by atoms with Crippen LogP contribution in [0.5, 0.6) is 0 Å². The molecule has 2 heteroatoms. The second-order valence-corrected chi connectivity index (χ2v) is 14.8. The lowest BCUT2D eigenvalue weighted by molar-refractivity contribution is 0.507. The molecule has 0 fully saturated rings. The van der Waals surface area contributed by atoms with E-state index in [-0.39, 0.29) is 0 Å². The van der Waals surface area contributed by atoms with Crippen LogP contribution in [0.2, 0.25) is 0 Å². The molecule has 12 rings (SSSR count). The number of hydrogen-bond acceptors (Lipinski definition) is 2. The Balaban J connectivity index is 1.09. The highest BCUT2D eigenvalue weighted by molar-refractivity contribution is 6.06. The van der Waals surface area contributed by atoms with Gasteiger partial charge in [-0.05, 0) is 109 Å². The third kappa shape index (κ3) is 4.19. The summed E-state index contributed by atoms with van der Waals surface area (Å²) in [6, 6.07) is 73.1. The van der Waals surface area contributed by atoms with Gasteiger partial charge < -0.3 is 9.32 Å². The Hall–Kier alpha value is -7.16. The van der Waals surface area contributed by atoms with Crippen LogP contribution in [0.25, 0.3) is 65.9 Å². The molecule has 55 heavy (non-hydrogen) atoms. The zero-order chi connectivity index (χ0) is 36.1. The molecule has 1 spiro atoms. The largest absolute Gasteiger partial charge is 0.459 e. The number of anilines is 3. The van der Waals surface area contributed by atoms with Gasteiger partial charge in [0.2, 0.25) is 0 Å². The van der Waals surface area contributed by atoms with Crippen molar-refractivity contribution in [3.8, 4) is 33.4 Å². The molecule has 256 valence electrons. The van der Waals surface area contributed by atoms with Crippen molar-refractivity contribution in [2.75, 3.05) is 4.90 Å². The third-order valence-electron chi connectivity index (χ3n) is 12.0. The number of furan rings is 1. The number of para-hydroxylation sites is 1. The monoisotopic (exact) mass is 699 g/mol. The number of rotatable bonds is 4. The standard InChI is InChI=1S/C53H33NO/c1-3-15-36-31-40(29-27-34(36)13-1)54(41-30-28-35-14-2-4-16-37(35)32-41)39-18-11-17-38(33-39)42-22-12-25-48-50(42)43-19-5-8-23-46(43)53(48)47-24-9-6-20-44(47)51-45-21-7-10-26-49(45)55-52(51)53/h1-33H. The van der Waals surface area contributed by atoms with E-state index < -0.39 is 5.41 Å². The van der Waals surface area contributed by atoms with Crippen LogP contribution in [0, 0.1) is 0 Å². The van der Waals surface area contributed by atoms with Crippen molar-refractivity contribution in [2.24, 2.45) is 0 Å². The van der Waals surface area contributed by atoms with Crippen molar-refractivity contribution < 1.29 is 4.42 Å². The van der Waals surface area contributed by atoms with Crippen molar-refractivity contribution >= 4 is 49.6 Å². The molecule has 1 heterocycles. The first-order valence-electron chi connectivity index (χ1n) is 19.0. The lowest BCUT2D eigenvalue weighted by Gasteiger charge is -2.28. The third-order valence-corrected chi connectivity index (χ3v) is 12.0. The van der Waals surface area contributed by atoms with Gasteiger partial charge in [0, 0.05) is 28.0 Å². The van der Waals surface area contributed by atoms with Gasteiger partial charge in [0.25, 0.3) is 0 Å². The van der Waals surface area contributed by atoms with Gasteiger partial charge in [-0.2, -0.15) is 0 Å². The normalized spacial score (nSPS) is 15.0. The van der Waals surface area contributed by atoms with Crippen LogP contribution >= 0.6 is 0 Å². The minimum absolute atomic E-state index is 0.563. The molecule has 2 aliphatic rings. The molecule has 0 aliphatic heterocycles. The van der Waals surface area contributed by atoms with Crippen LogP contribution in [0.3, 0.4) is 0 Å². The predicted octanol–water partition coefficient (Wildman–Crippen LogP) is 14.2. The SMILES string of the molecule is c1cc(-c2cccc3c2-c2ccccc2C32c3ccccc3-c3c2oc2ccccc32)cc(N(c2ccc3ccccc3c2)c2ccc3ccccc3c2)c1. The minimum Gasteiger partial charge on any atom is -0.459 e. The van der Waals surface area contributed by atoms with Crippen LogP contribution in [0.15, 0.2) is 205 Å². The molecule has 0 N–H and O–H groups in total. The van der Waals surface area contributed by atoms with Crippen molar-refractivity contribution in [3.05, 3.63) is 223 Å². The molecule has 0 radical (unpaired) electrons. The highest BCUT2D eigenvalue weighted by Crippen LogP contribution is 2.65. The van der Waals surface area contributed by atoms with Crippen LogP contribution < -0.4 is 4.90 Å². The molecule has 10 aromatic rings. The first kappa shape index (κ1) is 30.3. The topological polar surface area (TPSA) is 16.4 Å². The average Bonchev–Trinajstić information content (AvgIpc) is 3.88. The molecule has 1 aromatic heterocycles. The summed E-state index contributed by atoms with van der Waals surface area (Å²) in [4.78, 5) is 2.40. The summed E-state index contributed by atoms with van der Waals surface area (Å²) in [6.07, 6.45) is 0. The van der Waals surface area contributed by atoms with Crippen molar-refractivity contribution in [2.45, 2.75) is 5.41 Å². The summed E-state index contributed by atoms with van der Waals surface area (Å²) < 4.78 is 6.99. The molecular weight excluding hydrogens is 667 g/mol. The molecule has 1 unspecified atom stereocenters. The lowest BCUT2D eigenvalue weighted by Crippen LogP contribution is -2.25. The second-order valence-electron chi connectivity index (χ2n) is 14.8. The Morgan fingerprint density at radius 3 is 1.60 bits per heavy atom. The number of benzene rings is 9. The Labute approximate surface area is 319 Å². The lowest BCUT2D eigenvalue weighted by atomic mass is 9.73. The highest BCUT2D eigenvalue weighted by atomic mass is 16.3. The van der Waals surface area contributed by atoms with Gasteiger partial charge in [0.1, 0.15) is 16.8 Å². The molecule has 0 amide bonds. The second kappa shape index (κ2) is 11.4. The van der Waals surface area contributed by atoms with E-state index in [0.717, 1.165) is 28.4 Å². The number of nitrogens with zero attached hydrogens (tertiary/aromatic N) is 1. The number of hydrogen-bond donors (Lipinski definition) is 0. The van der Waals surface area contributed by atoms with Gasteiger partial charge in [-0.1, -0.05) is 158 Å². The van der Waals surface area contributed by atoms with Crippen molar-refractivity contribution in [1.82, 2.24) is 0 Å². The Kier molecular flexibility index (Phi) is 6.29. The summed E-state index contributed by atoms with van der Waals surface area (Å²) >= 11 is 0. The fraction of sp³-hybridized carbons (Fsp3) is 0.0189. The molecule has 2 nitrogen and oxygen atoms in total. The molecule has 9 aromatic carbocycles. The fourth-order valence-electron chi connectivity index (χ4n) is 9.72. The van der Waals surface area contributed by atoms with Crippen LogP contribution in [-0.2, 0) is 5.41 Å². The van der Waals surface area contributed by atoms with Gasteiger partial charge in [0.05, 0.1) is 0 Å². The average molecular weight is 700 g/mol. The van der Waals surface area contributed by atoms with Crippen LogP contribution in [0.1, 0.15) is 22.5 Å². The molecule has 2 aliphatic carbocycles. The van der Waals surface area contributed by atoms with Crippen molar-refractivity contribution in [1.29, 1.82) is 0 Å². The first-order valence-corrected chi connectivity index (χ1v) is 19.0. The van der Waals surface area contributed by atoms with E-state index in [1.807, 2.05) is 0 Å². The summed E-state index contributed by atoms with van der Waals surface area (Å²) in [5.74, 6) is 1.02. The maximum atomic E-state index is 6.99. The van der Waals surface area contributed by atoms with E-state index in [9.17, 15) is 0 Å². The molecule has 0 saturated heterocycles. The van der Waals surface area contributed by atoms with Crippen molar-refractivity contribution in [3.63, 3.8) is 0 Å². The van der Waals surface area contributed by atoms with Gasteiger partial charge in [-0.3, -0.25) is 0 Å². The minimum atomic E-state index is -0.563. The van der Waals surface area contributed by atoms with Gasteiger partial charge in [-0.25, -0.2) is 0 Å². The first-order chi connectivity index (χ1) is 27.3. The van der Waals surface area contributed by atoms with Crippen LogP contribution in [-0.4, -0.2) is 0 Å². The van der Waals surface area contributed by atoms with E-state index >= 15 is 0 Å². The molecular formula is C53H33NO. The summed E-state index contributed by atoms with van der Waals surface area (Å²) in [5, 5.41) is 6.05. The summed E-state index contributed by atoms with van der Waals surface area (Å²) in [7, 11) is 0. The van der Waals surface area contributed by atoms with Gasteiger partial charge in [-0.15, -0.1) is 0 Å². The smallest absolute Gasteiger partial charge is 0.135 e. The predicted molar refractivity (Wildman–Crippen MR) is 228 cm³/mol. The Morgan fingerprint density at radius 1 is 0.364 bits per heavy atom. The quantitative estimate of drug-likeness (QED) is 0.182. The van der Waals surface area contributed by atoms with Gasteiger partial charge in [0.15, 0.2) is 0 Å². The highest BCUT2D eigenvalue weighted by Gasteiger charge is 2.55. The maximum absolute atomic E-state index is 6.99. The Bertz CT molecular complexity index is 3110. The molecule has 0 bridgehead atoms. The van der Waals surface area contributed by atoms with E-state index in [2.05, 4.69) is 205 Å². The van der Waals surface area contributed by atoms with E-state index in [1.165, 1.54) is 77.0 Å². The number of fused-ring (bicyclic) bond motifs is 14. The van der Waals surface area contributed by atoms with Crippen LogP contribution in [0.4, 0.5) is 17.1 Å². The molecule has 0 saturated carbocycles.